The van der Waals surface area contributed by atoms with Gasteiger partial charge in [-0.05, 0) is 0 Å². The number of aromatic nitrogens is 2. The third kappa shape index (κ3) is 3.17. The van der Waals surface area contributed by atoms with Crippen LogP contribution >= 0.6 is 11.8 Å². The summed E-state index contributed by atoms with van der Waals surface area (Å²) in [7, 11) is 0. The van der Waals surface area contributed by atoms with Crippen molar-refractivity contribution in [3.8, 4) is 0 Å². The van der Waals surface area contributed by atoms with Gasteiger partial charge in [0.05, 0.1) is 11.4 Å². The number of nitrogens with zero attached hydrogens (tertiary/aromatic N) is 1. The van der Waals surface area contributed by atoms with E-state index in [4.69, 9.17) is 10.5 Å². The number of esters is 1. The zero-order valence-electron chi connectivity index (χ0n) is 10.7. The number of hydrogen-bond acceptors (Lipinski definition) is 8. The van der Waals surface area contributed by atoms with Crippen LogP contribution in [0.1, 0.15) is 5.37 Å². The normalized spacial score (nSPS) is 21.6. The summed E-state index contributed by atoms with van der Waals surface area (Å²) < 4.78 is 5.84. The Balaban J connectivity index is 2.18. The lowest BCUT2D eigenvalue weighted by Gasteiger charge is -2.16. The monoisotopic (exact) mass is 315 g/mol. The summed E-state index contributed by atoms with van der Waals surface area (Å²) in [4.78, 5) is 35.9. The molecule has 1 aromatic rings. The molecule has 0 bridgehead atoms. The Bertz CT molecular complexity index is 694. The summed E-state index contributed by atoms with van der Waals surface area (Å²) in [5, 5.41) is 18.9. The van der Waals surface area contributed by atoms with Gasteiger partial charge < -0.3 is 20.7 Å². The molecule has 0 aliphatic carbocycles. The van der Waals surface area contributed by atoms with E-state index >= 15 is 0 Å². The molecule has 0 fully saturated rings. The van der Waals surface area contributed by atoms with Crippen molar-refractivity contribution in [1.29, 1.82) is 0 Å². The molecular formula is C11H13N3O6S. The van der Waals surface area contributed by atoms with Crippen LogP contribution < -0.4 is 17.0 Å². The average molecular weight is 315 g/mol. The van der Waals surface area contributed by atoms with Crippen LogP contribution in [0.25, 0.3) is 0 Å². The van der Waals surface area contributed by atoms with Crippen molar-refractivity contribution in [1.82, 2.24) is 9.55 Å². The molecule has 0 amide bonds. The molecule has 2 atom stereocenters. The van der Waals surface area contributed by atoms with Crippen LogP contribution in [0.3, 0.4) is 0 Å². The van der Waals surface area contributed by atoms with Crippen LogP contribution in [0.2, 0.25) is 0 Å². The number of H-pyrrole nitrogens is 1. The van der Waals surface area contributed by atoms with Crippen molar-refractivity contribution in [2.45, 2.75) is 11.5 Å². The Morgan fingerprint density at radius 2 is 2.24 bits per heavy atom. The van der Waals surface area contributed by atoms with Crippen LogP contribution in [0.4, 0.5) is 0 Å². The largest absolute Gasteiger partial charge is 0.508 e. The third-order valence-corrected chi connectivity index (χ3v) is 4.09. The van der Waals surface area contributed by atoms with Gasteiger partial charge in [-0.1, -0.05) is 11.8 Å². The van der Waals surface area contributed by atoms with E-state index in [1.807, 2.05) is 0 Å². The lowest BCUT2D eigenvalue weighted by molar-refractivity contribution is -0.140. The highest BCUT2D eigenvalue weighted by Crippen LogP contribution is 2.43. The number of carbonyl (C=O) groups excluding carboxylic acids is 1. The van der Waals surface area contributed by atoms with Gasteiger partial charge in [0.15, 0.2) is 0 Å². The lowest BCUT2D eigenvalue weighted by Crippen LogP contribution is -2.34. The number of thioether (sulfide) groups is 1. The maximum absolute atomic E-state index is 11.7. The summed E-state index contributed by atoms with van der Waals surface area (Å²) in [6.07, 6.45) is -0.144. The van der Waals surface area contributed by atoms with E-state index in [9.17, 15) is 24.6 Å². The van der Waals surface area contributed by atoms with Crippen molar-refractivity contribution < 1.29 is 19.7 Å². The minimum Gasteiger partial charge on any atom is -0.508 e. The van der Waals surface area contributed by atoms with E-state index < -0.39 is 28.7 Å². The third-order valence-electron chi connectivity index (χ3n) is 2.76. The minimum atomic E-state index is -1.36. The summed E-state index contributed by atoms with van der Waals surface area (Å²) in [6, 6.07) is 1.12. The predicted octanol–water partition coefficient (Wildman–Crippen LogP) is -1.59. The van der Waals surface area contributed by atoms with Gasteiger partial charge >= 0.3 is 11.7 Å². The molecule has 10 heteroatoms. The second-order valence-electron chi connectivity index (χ2n) is 4.14. The summed E-state index contributed by atoms with van der Waals surface area (Å²) >= 11 is 0.955. The first-order valence-electron chi connectivity index (χ1n) is 5.88. The average Bonchev–Trinajstić information content (AvgIpc) is 2.73. The van der Waals surface area contributed by atoms with Crippen molar-refractivity contribution in [2.24, 2.45) is 5.73 Å². The number of aliphatic hydroxyl groups is 2. The highest BCUT2D eigenvalue weighted by molar-refractivity contribution is 8.03. The molecule has 21 heavy (non-hydrogen) atoms. The molecule has 0 saturated carbocycles. The first-order chi connectivity index (χ1) is 9.93. The van der Waals surface area contributed by atoms with E-state index in [-0.39, 0.29) is 23.8 Å². The number of hydrogen-bond donors (Lipinski definition) is 4. The van der Waals surface area contributed by atoms with Crippen LogP contribution in [0, 0.1) is 0 Å². The Kier molecular flexibility index (Phi) is 4.50. The fourth-order valence-corrected chi connectivity index (χ4v) is 2.92. The Hall–Kier alpha value is -2.04. The van der Waals surface area contributed by atoms with Gasteiger partial charge in [-0.2, -0.15) is 0 Å². The van der Waals surface area contributed by atoms with E-state index in [1.54, 1.807) is 0 Å². The van der Waals surface area contributed by atoms with Crippen LogP contribution in [0.5, 0.6) is 0 Å². The zero-order chi connectivity index (χ0) is 15.6. The zero-order valence-corrected chi connectivity index (χ0v) is 11.5. The molecule has 1 unspecified atom stereocenters. The van der Waals surface area contributed by atoms with Crippen molar-refractivity contribution in [3.05, 3.63) is 43.8 Å². The van der Waals surface area contributed by atoms with E-state index in [0.29, 0.717) is 0 Å². The van der Waals surface area contributed by atoms with Gasteiger partial charge in [0.1, 0.15) is 23.8 Å². The standard InChI is InChI=1S/C11H13N3O6S/c12-3-7(16)20-4-5-8(17)9(18)10(21-5)14-2-1-6(15)13-11(14)19/h1-2,9-10,17-18H,3-4,12H2,(H,13,15,19)/t9?,10-/m1/s1. The SMILES string of the molecule is NCC(=O)OCC1=C(O)C(O)[C@H](n2ccc(=O)[nH]c2=O)S1. The van der Waals surface area contributed by atoms with Gasteiger partial charge in [-0.15, -0.1) is 0 Å². The predicted molar refractivity (Wildman–Crippen MR) is 73.6 cm³/mol. The number of nitrogens with two attached hydrogens (primary N) is 1. The molecule has 2 rings (SSSR count). The highest BCUT2D eigenvalue weighted by Gasteiger charge is 2.36. The maximum atomic E-state index is 11.7. The molecule has 0 aromatic carbocycles. The molecule has 1 aliphatic rings. The van der Waals surface area contributed by atoms with Crippen LogP contribution in [0.15, 0.2) is 32.5 Å². The number of nitrogens with one attached hydrogen (secondary N) is 1. The van der Waals surface area contributed by atoms with Gasteiger partial charge in [-0.3, -0.25) is 19.1 Å². The van der Waals surface area contributed by atoms with Gasteiger partial charge in [-0.25, -0.2) is 4.79 Å². The first kappa shape index (κ1) is 15.4. The van der Waals surface area contributed by atoms with Crippen LogP contribution in [-0.4, -0.2) is 45.0 Å². The fraction of sp³-hybridized carbons (Fsp3) is 0.364. The second-order valence-corrected chi connectivity index (χ2v) is 5.36. The summed E-state index contributed by atoms with van der Waals surface area (Å²) in [6.45, 7) is -0.553. The summed E-state index contributed by atoms with van der Waals surface area (Å²) in [5.41, 5.74) is 3.80. The molecule has 2 heterocycles. The number of aliphatic hydroxyl groups excluding tert-OH is 2. The number of rotatable bonds is 4. The number of ether oxygens (including phenoxy) is 1. The van der Waals surface area contributed by atoms with Crippen molar-refractivity contribution >= 4 is 17.7 Å². The van der Waals surface area contributed by atoms with Crippen LogP contribution in [-0.2, 0) is 9.53 Å². The molecule has 1 aliphatic heterocycles. The first-order valence-corrected chi connectivity index (χ1v) is 6.76. The van der Waals surface area contributed by atoms with E-state index in [0.717, 1.165) is 22.4 Å². The van der Waals surface area contributed by atoms with Gasteiger partial charge in [0.25, 0.3) is 5.56 Å². The maximum Gasteiger partial charge on any atom is 0.329 e. The molecule has 114 valence electrons. The minimum absolute atomic E-state index is 0.215. The Labute approximate surface area is 122 Å². The Morgan fingerprint density at radius 1 is 1.52 bits per heavy atom. The molecule has 9 nitrogen and oxygen atoms in total. The smallest absolute Gasteiger partial charge is 0.329 e. The molecular weight excluding hydrogens is 302 g/mol. The molecule has 0 spiro atoms. The molecule has 1 aromatic heterocycles. The van der Waals surface area contributed by atoms with Gasteiger partial charge in [0, 0.05) is 12.3 Å². The molecule has 0 radical (unpaired) electrons. The molecule has 0 saturated heterocycles. The highest BCUT2D eigenvalue weighted by atomic mass is 32.2. The quantitative estimate of drug-likeness (QED) is 0.486. The second kappa shape index (κ2) is 6.16. The number of aromatic amines is 1. The number of carbonyl (C=O) groups is 1. The lowest BCUT2D eigenvalue weighted by atomic mass is 10.2. The summed E-state index contributed by atoms with van der Waals surface area (Å²) in [5.74, 6) is -1.04. The molecule has 5 N–H and O–H groups in total. The van der Waals surface area contributed by atoms with E-state index in [1.165, 1.54) is 6.20 Å². The topological polar surface area (TPSA) is 148 Å². The fourth-order valence-electron chi connectivity index (χ4n) is 1.72. The van der Waals surface area contributed by atoms with Crippen molar-refractivity contribution in [2.75, 3.05) is 13.2 Å². The van der Waals surface area contributed by atoms with Gasteiger partial charge in [0.2, 0.25) is 0 Å². The van der Waals surface area contributed by atoms with E-state index in [2.05, 4.69) is 4.98 Å². The van der Waals surface area contributed by atoms with Crippen molar-refractivity contribution in [3.63, 3.8) is 0 Å². The Morgan fingerprint density at radius 3 is 2.86 bits per heavy atom.